The standard InChI is InChI=1S/C30H51N3O5/c1-11-13-14-17-31-26(35)25(22-15-16-24(34)21(5)19-22)33(30(9,10)12-2)27(36)23(18-20(3)4)32-28(37)38-29(6,7)8/h15-16,19-20,23,25,34H,11-14,17-18H2,1-10H3,(H,31,35)(H,32,37). The number of aromatic hydroxyl groups is 1. The Bertz CT molecular complexity index is 936. The molecule has 0 fully saturated rings. The second kappa shape index (κ2) is 14.4. The summed E-state index contributed by atoms with van der Waals surface area (Å²) in [5, 5.41) is 16.0. The van der Waals surface area contributed by atoms with E-state index in [1.807, 2.05) is 34.6 Å². The molecule has 0 spiro atoms. The molecule has 1 aromatic carbocycles. The Balaban J connectivity index is 3.62. The zero-order valence-corrected chi connectivity index (χ0v) is 25.2. The minimum atomic E-state index is -0.950. The number of nitrogens with zero attached hydrogens (tertiary/aromatic N) is 1. The molecular weight excluding hydrogens is 482 g/mol. The number of carbonyl (C=O) groups is 3. The van der Waals surface area contributed by atoms with Crippen LogP contribution in [0.3, 0.4) is 0 Å². The second-order valence-electron chi connectivity index (χ2n) is 12.1. The number of hydrogen-bond donors (Lipinski definition) is 3. The van der Waals surface area contributed by atoms with Crippen LogP contribution in [-0.4, -0.2) is 51.6 Å². The Morgan fingerprint density at radius 2 is 1.68 bits per heavy atom. The van der Waals surface area contributed by atoms with Crippen LogP contribution < -0.4 is 10.6 Å². The molecule has 8 nitrogen and oxygen atoms in total. The minimum absolute atomic E-state index is 0.0997. The van der Waals surface area contributed by atoms with Crippen LogP contribution >= 0.6 is 0 Å². The van der Waals surface area contributed by atoms with Crippen molar-refractivity contribution in [2.45, 2.75) is 125 Å². The maximum Gasteiger partial charge on any atom is 0.408 e. The Labute approximate surface area is 229 Å². The van der Waals surface area contributed by atoms with Crippen molar-refractivity contribution in [1.29, 1.82) is 0 Å². The lowest BCUT2D eigenvalue weighted by molar-refractivity contribution is -0.149. The largest absolute Gasteiger partial charge is 0.508 e. The first-order chi connectivity index (χ1) is 17.5. The number of benzene rings is 1. The average molecular weight is 534 g/mol. The van der Waals surface area contributed by atoms with Crippen LogP contribution in [0.2, 0.25) is 0 Å². The number of aryl methyl sites for hydroxylation is 1. The zero-order chi connectivity index (χ0) is 29.3. The monoisotopic (exact) mass is 533 g/mol. The number of carbonyl (C=O) groups excluding carboxylic acids is 3. The van der Waals surface area contributed by atoms with Gasteiger partial charge in [-0.25, -0.2) is 4.79 Å². The van der Waals surface area contributed by atoms with Gasteiger partial charge in [0.2, 0.25) is 11.8 Å². The highest BCUT2D eigenvalue weighted by Gasteiger charge is 2.43. The first kappa shape index (κ1) is 33.3. The van der Waals surface area contributed by atoms with Gasteiger partial charge in [-0.2, -0.15) is 0 Å². The van der Waals surface area contributed by atoms with Crippen molar-refractivity contribution < 1.29 is 24.2 Å². The lowest BCUT2D eigenvalue weighted by atomic mass is 9.90. The summed E-state index contributed by atoms with van der Waals surface area (Å²) in [5.74, 6) is -0.423. The van der Waals surface area contributed by atoms with Crippen LogP contribution in [0.25, 0.3) is 0 Å². The van der Waals surface area contributed by atoms with Crippen molar-refractivity contribution in [3.05, 3.63) is 29.3 Å². The summed E-state index contributed by atoms with van der Waals surface area (Å²) in [6.45, 7) is 19.4. The summed E-state index contributed by atoms with van der Waals surface area (Å²) < 4.78 is 5.46. The lowest BCUT2D eigenvalue weighted by Crippen LogP contribution is -2.59. The van der Waals surface area contributed by atoms with Gasteiger partial charge in [-0.15, -0.1) is 0 Å². The quantitative estimate of drug-likeness (QED) is 0.269. The van der Waals surface area contributed by atoms with E-state index in [1.54, 1.807) is 50.8 Å². The fraction of sp³-hybridized carbons (Fsp3) is 0.700. The number of amides is 3. The number of unbranched alkanes of at least 4 members (excludes halogenated alkanes) is 2. The van der Waals surface area contributed by atoms with Crippen LogP contribution in [-0.2, 0) is 14.3 Å². The molecule has 3 N–H and O–H groups in total. The van der Waals surface area contributed by atoms with Crippen LogP contribution in [0.15, 0.2) is 18.2 Å². The molecule has 0 aliphatic heterocycles. The second-order valence-corrected chi connectivity index (χ2v) is 12.1. The molecule has 2 atom stereocenters. The third kappa shape index (κ3) is 10.2. The molecule has 3 amide bonds. The van der Waals surface area contributed by atoms with Crippen molar-refractivity contribution in [2.24, 2.45) is 5.92 Å². The molecule has 38 heavy (non-hydrogen) atoms. The first-order valence-corrected chi connectivity index (χ1v) is 13.9. The summed E-state index contributed by atoms with van der Waals surface area (Å²) in [7, 11) is 0. The van der Waals surface area contributed by atoms with E-state index in [4.69, 9.17) is 4.74 Å². The van der Waals surface area contributed by atoms with E-state index in [2.05, 4.69) is 17.6 Å². The highest BCUT2D eigenvalue weighted by atomic mass is 16.6. The molecule has 0 bridgehead atoms. The molecule has 0 radical (unpaired) electrons. The highest BCUT2D eigenvalue weighted by Crippen LogP contribution is 2.34. The van der Waals surface area contributed by atoms with Gasteiger partial charge >= 0.3 is 6.09 Å². The maximum absolute atomic E-state index is 14.4. The normalized spacial score (nSPS) is 13.6. The van der Waals surface area contributed by atoms with Crippen molar-refractivity contribution in [2.75, 3.05) is 6.54 Å². The number of ether oxygens (including phenoxy) is 1. The van der Waals surface area contributed by atoms with E-state index >= 15 is 0 Å². The summed E-state index contributed by atoms with van der Waals surface area (Å²) in [5.41, 5.74) is -0.232. The van der Waals surface area contributed by atoms with Crippen LogP contribution in [0.5, 0.6) is 5.75 Å². The number of nitrogens with one attached hydrogen (secondary N) is 2. The van der Waals surface area contributed by atoms with E-state index in [0.29, 0.717) is 30.5 Å². The van der Waals surface area contributed by atoms with Gasteiger partial charge in [0.05, 0.1) is 0 Å². The van der Waals surface area contributed by atoms with Gasteiger partial charge in [0.25, 0.3) is 0 Å². The number of phenolic OH excluding ortho intramolecular Hbond substituents is 1. The molecule has 2 unspecified atom stereocenters. The molecule has 1 aromatic rings. The summed E-state index contributed by atoms with van der Waals surface area (Å²) in [6, 6.07) is 3.14. The highest BCUT2D eigenvalue weighted by molar-refractivity contribution is 5.92. The van der Waals surface area contributed by atoms with Crippen molar-refractivity contribution in [3.8, 4) is 5.75 Å². The van der Waals surface area contributed by atoms with Crippen LogP contribution in [0.4, 0.5) is 4.79 Å². The minimum Gasteiger partial charge on any atom is -0.508 e. The molecule has 1 rings (SSSR count). The van der Waals surface area contributed by atoms with Crippen LogP contribution in [0.1, 0.15) is 112 Å². The van der Waals surface area contributed by atoms with Crippen molar-refractivity contribution >= 4 is 17.9 Å². The van der Waals surface area contributed by atoms with Gasteiger partial charge in [-0.05, 0) is 90.0 Å². The average Bonchev–Trinajstić information content (AvgIpc) is 2.79. The molecule has 0 saturated heterocycles. The van der Waals surface area contributed by atoms with Gasteiger partial charge < -0.3 is 25.4 Å². The Morgan fingerprint density at radius 3 is 2.18 bits per heavy atom. The molecule has 216 valence electrons. The Hall–Kier alpha value is -2.77. The van der Waals surface area contributed by atoms with E-state index in [-0.39, 0.29) is 23.5 Å². The van der Waals surface area contributed by atoms with Gasteiger partial charge in [0, 0.05) is 12.1 Å². The summed E-state index contributed by atoms with van der Waals surface area (Å²) in [6.07, 6.45) is 3.14. The van der Waals surface area contributed by atoms with Crippen molar-refractivity contribution in [3.63, 3.8) is 0 Å². The molecule has 0 aromatic heterocycles. The van der Waals surface area contributed by atoms with Crippen molar-refractivity contribution in [1.82, 2.24) is 15.5 Å². The van der Waals surface area contributed by atoms with Gasteiger partial charge in [0.1, 0.15) is 23.4 Å². The van der Waals surface area contributed by atoms with E-state index in [0.717, 1.165) is 19.3 Å². The molecule has 0 aliphatic carbocycles. The predicted octanol–water partition coefficient (Wildman–Crippen LogP) is 6.00. The fourth-order valence-corrected chi connectivity index (χ4v) is 4.21. The van der Waals surface area contributed by atoms with Gasteiger partial charge in [-0.1, -0.05) is 46.6 Å². The fourth-order valence-electron chi connectivity index (χ4n) is 4.21. The van der Waals surface area contributed by atoms with Gasteiger partial charge in [0.15, 0.2) is 0 Å². The SMILES string of the molecule is CCCCCNC(=O)C(c1ccc(O)c(C)c1)N(C(=O)C(CC(C)C)NC(=O)OC(C)(C)C)C(C)(C)CC. The Morgan fingerprint density at radius 1 is 1.05 bits per heavy atom. The van der Waals surface area contributed by atoms with E-state index in [1.165, 1.54) is 0 Å². The van der Waals surface area contributed by atoms with Gasteiger partial charge in [-0.3, -0.25) is 9.59 Å². The third-order valence-corrected chi connectivity index (χ3v) is 6.57. The van der Waals surface area contributed by atoms with E-state index < -0.39 is 29.3 Å². The topological polar surface area (TPSA) is 108 Å². The molecule has 0 saturated carbocycles. The Kier molecular flexibility index (Phi) is 12.6. The lowest BCUT2D eigenvalue weighted by Gasteiger charge is -2.45. The maximum atomic E-state index is 14.4. The van der Waals surface area contributed by atoms with Crippen LogP contribution in [0, 0.1) is 12.8 Å². The summed E-state index contributed by atoms with van der Waals surface area (Å²) in [4.78, 5) is 42.5. The third-order valence-electron chi connectivity index (χ3n) is 6.57. The number of rotatable bonds is 13. The molecular formula is C30H51N3O5. The predicted molar refractivity (Wildman–Crippen MR) is 152 cm³/mol. The molecule has 0 heterocycles. The first-order valence-electron chi connectivity index (χ1n) is 13.9. The number of hydrogen-bond acceptors (Lipinski definition) is 5. The molecule has 8 heteroatoms. The number of phenols is 1. The smallest absolute Gasteiger partial charge is 0.408 e. The summed E-state index contributed by atoms with van der Waals surface area (Å²) >= 11 is 0. The molecule has 0 aliphatic rings. The van der Waals surface area contributed by atoms with E-state index in [9.17, 15) is 19.5 Å². The zero-order valence-electron chi connectivity index (χ0n) is 25.2. The number of alkyl carbamates (subject to hydrolysis) is 1.